The van der Waals surface area contributed by atoms with Crippen LogP contribution in [0.1, 0.15) is 64.0 Å². The van der Waals surface area contributed by atoms with Crippen LogP contribution in [0.25, 0.3) is 5.57 Å². The Balaban J connectivity index is 2.01. The molecule has 0 spiro atoms. The summed E-state index contributed by atoms with van der Waals surface area (Å²) in [6.45, 7) is 8.95. The van der Waals surface area contributed by atoms with Crippen LogP contribution in [0.5, 0.6) is 0 Å². The molecule has 1 aromatic rings. The van der Waals surface area contributed by atoms with Crippen LogP contribution >= 0.6 is 0 Å². The zero-order valence-corrected chi connectivity index (χ0v) is 13.4. The lowest BCUT2D eigenvalue weighted by molar-refractivity contribution is 0.591. The van der Waals surface area contributed by atoms with Crippen molar-refractivity contribution >= 4 is 5.57 Å². The fourth-order valence-corrected chi connectivity index (χ4v) is 2.65. The van der Waals surface area contributed by atoms with Crippen LogP contribution in [0.4, 0.5) is 0 Å². The highest BCUT2D eigenvalue weighted by atomic mass is 14.3. The van der Waals surface area contributed by atoms with Gasteiger partial charge < -0.3 is 0 Å². The number of rotatable bonds is 6. The summed E-state index contributed by atoms with van der Waals surface area (Å²) in [6.07, 6.45) is 11.2. The second-order valence-corrected chi connectivity index (χ2v) is 6.54. The average molecular weight is 268 g/mol. The fourth-order valence-electron chi connectivity index (χ4n) is 2.65. The number of hydrogen-bond acceptors (Lipinski definition) is 0. The SMILES string of the molecule is CC=C(C=CC(C)CC1CC1)c1ccc(C(C)C)cc1. The van der Waals surface area contributed by atoms with Gasteiger partial charge in [-0.3, -0.25) is 0 Å². The highest BCUT2D eigenvalue weighted by molar-refractivity contribution is 5.73. The fraction of sp³-hybridized carbons (Fsp3) is 0.500. The van der Waals surface area contributed by atoms with Gasteiger partial charge in [-0.15, -0.1) is 0 Å². The third kappa shape index (κ3) is 4.37. The summed E-state index contributed by atoms with van der Waals surface area (Å²) in [6, 6.07) is 9.01. The van der Waals surface area contributed by atoms with E-state index in [0.29, 0.717) is 11.8 Å². The number of allylic oxidation sites excluding steroid dienone is 4. The molecule has 0 nitrogen and oxygen atoms in total. The molecule has 1 fully saturated rings. The summed E-state index contributed by atoms with van der Waals surface area (Å²) >= 11 is 0. The molecule has 0 bridgehead atoms. The van der Waals surface area contributed by atoms with Crippen molar-refractivity contribution in [1.82, 2.24) is 0 Å². The second-order valence-electron chi connectivity index (χ2n) is 6.54. The quantitative estimate of drug-likeness (QED) is 0.538. The molecule has 1 aromatic carbocycles. The summed E-state index contributed by atoms with van der Waals surface area (Å²) in [5.41, 5.74) is 4.07. The van der Waals surface area contributed by atoms with E-state index in [4.69, 9.17) is 0 Å². The smallest absolute Gasteiger partial charge is 0.0187 e. The minimum atomic E-state index is 0.604. The molecule has 20 heavy (non-hydrogen) atoms. The largest absolute Gasteiger partial charge is 0.0811 e. The van der Waals surface area contributed by atoms with Crippen molar-refractivity contribution in [3.05, 3.63) is 53.6 Å². The first-order chi connectivity index (χ1) is 9.60. The standard InChI is InChI=1S/C20H28/c1-5-18(9-6-16(4)14-17-7-8-17)20-12-10-19(11-13-20)15(2)3/h5-6,9-13,15-17H,7-8,14H2,1-4H3. The minimum Gasteiger partial charge on any atom is -0.0811 e. The van der Waals surface area contributed by atoms with Gasteiger partial charge in [0.2, 0.25) is 0 Å². The van der Waals surface area contributed by atoms with E-state index in [-0.39, 0.29) is 0 Å². The molecule has 0 N–H and O–H groups in total. The topological polar surface area (TPSA) is 0 Å². The van der Waals surface area contributed by atoms with Gasteiger partial charge in [0.05, 0.1) is 0 Å². The van der Waals surface area contributed by atoms with Crippen LogP contribution in [-0.2, 0) is 0 Å². The van der Waals surface area contributed by atoms with Crippen LogP contribution in [0.2, 0.25) is 0 Å². The summed E-state index contributed by atoms with van der Waals surface area (Å²) in [7, 11) is 0. The van der Waals surface area contributed by atoms with Crippen molar-refractivity contribution in [2.75, 3.05) is 0 Å². The molecule has 0 heteroatoms. The number of hydrogen-bond donors (Lipinski definition) is 0. The van der Waals surface area contributed by atoms with Crippen molar-refractivity contribution in [2.24, 2.45) is 11.8 Å². The monoisotopic (exact) mass is 268 g/mol. The van der Waals surface area contributed by atoms with Crippen molar-refractivity contribution in [2.45, 2.75) is 52.9 Å². The maximum absolute atomic E-state index is 2.38. The normalized spacial score (nSPS) is 17.9. The molecule has 0 saturated heterocycles. The predicted molar refractivity (Wildman–Crippen MR) is 89.8 cm³/mol. The van der Waals surface area contributed by atoms with Crippen molar-refractivity contribution < 1.29 is 0 Å². The molecule has 1 saturated carbocycles. The third-order valence-electron chi connectivity index (χ3n) is 4.23. The average Bonchev–Trinajstić information content (AvgIpc) is 3.24. The Morgan fingerprint density at radius 1 is 1.15 bits per heavy atom. The molecule has 0 amide bonds. The van der Waals surface area contributed by atoms with Crippen molar-refractivity contribution in [1.29, 1.82) is 0 Å². The molecule has 2 rings (SSSR count). The lowest BCUT2D eigenvalue weighted by Crippen LogP contribution is -1.92. The van der Waals surface area contributed by atoms with Gasteiger partial charge >= 0.3 is 0 Å². The Bertz CT molecular complexity index is 469. The van der Waals surface area contributed by atoms with E-state index < -0.39 is 0 Å². The maximum Gasteiger partial charge on any atom is -0.0187 e. The first kappa shape index (κ1) is 15.1. The lowest BCUT2D eigenvalue weighted by Gasteiger charge is -2.09. The van der Waals surface area contributed by atoms with Gasteiger partial charge in [0.25, 0.3) is 0 Å². The van der Waals surface area contributed by atoms with E-state index in [1.54, 1.807) is 0 Å². The molecular weight excluding hydrogens is 240 g/mol. The second kappa shape index (κ2) is 6.92. The van der Waals surface area contributed by atoms with Crippen LogP contribution in [0, 0.1) is 11.8 Å². The molecule has 1 aliphatic carbocycles. The summed E-state index contributed by atoms with van der Waals surface area (Å²) in [5, 5.41) is 0. The summed E-state index contributed by atoms with van der Waals surface area (Å²) in [4.78, 5) is 0. The maximum atomic E-state index is 2.38. The van der Waals surface area contributed by atoms with E-state index in [2.05, 4.69) is 70.2 Å². The molecule has 0 aromatic heterocycles. The van der Waals surface area contributed by atoms with Crippen molar-refractivity contribution in [3.8, 4) is 0 Å². The number of benzene rings is 1. The van der Waals surface area contributed by atoms with Crippen LogP contribution in [0.15, 0.2) is 42.5 Å². The van der Waals surface area contributed by atoms with Crippen molar-refractivity contribution in [3.63, 3.8) is 0 Å². The Morgan fingerprint density at radius 2 is 1.80 bits per heavy atom. The first-order valence-corrected chi connectivity index (χ1v) is 8.05. The Labute approximate surface area is 124 Å². The summed E-state index contributed by atoms with van der Waals surface area (Å²) < 4.78 is 0. The molecule has 108 valence electrons. The van der Waals surface area contributed by atoms with E-state index in [9.17, 15) is 0 Å². The molecular formula is C20H28. The van der Waals surface area contributed by atoms with Gasteiger partial charge in [-0.2, -0.15) is 0 Å². The van der Waals surface area contributed by atoms with Gasteiger partial charge in [0, 0.05) is 0 Å². The molecule has 1 atom stereocenters. The molecule has 0 heterocycles. The zero-order chi connectivity index (χ0) is 14.5. The minimum absolute atomic E-state index is 0.604. The Kier molecular flexibility index (Phi) is 5.23. The Morgan fingerprint density at radius 3 is 2.30 bits per heavy atom. The molecule has 0 aliphatic heterocycles. The van der Waals surface area contributed by atoms with Crippen LogP contribution in [0.3, 0.4) is 0 Å². The van der Waals surface area contributed by atoms with E-state index in [1.165, 1.54) is 36.0 Å². The highest BCUT2D eigenvalue weighted by Crippen LogP contribution is 2.35. The molecule has 0 radical (unpaired) electrons. The van der Waals surface area contributed by atoms with Crippen LogP contribution in [-0.4, -0.2) is 0 Å². The van der Waals surface area contributed by atoms with Crippen LogP contribution < -0.4 is 0 Å². The first-order valence-electron chi connectivity index (χ1n) is 8.05. The molecule has 1 aliphatic rings. The van der Waals surface area contributed by atoms with E-state index in [1.807, 2.05) is 0 Å². The third-order valence-corrected chi connectivity index (χ3v) is 4.23. The Hall–Kier alpha value is -1.30. The lowest BCUT2D eigenvalue weighted by atomic mass is 9.97. The van der Waals surface area contributed by atoms with E-state index >= 15 is 0 Å². The predicted octanol–water partition coefficient (Wildman–Crippen LogP) is 6.21. The zero-order valence-electron chi connectivity index (χ0n) is 13.4. The molecule has 1 unspecified atom stereocenters. The van der Waals surface area contributed by atoms with Gasteiger partial charge in [0.15, 0.2) is 0 Å². The van der Waals surface area contributed by atoms with Gasteiger partial charge in [-0.1, -0.05) is 76.1 Å². The van der Waals surface area contributed by atoms with Gasteiger partial charge in [-0.05, 0) is 47.8 Å². The highest BCUT2D eigenvalue weighted by Gasteiger charge is 2.22. The summed E-state index contributed by atoms with van der Waals surface area (Å²) in [5.74, 6) is 2.31. The van der Waals surface area contributed by atoms with E-state index in [0.717, 1.165) is 5.92 Å². The van der Waals surface area contributed by atoms with Gasteiger partial charge in [0.1, 0.15) is 0 Å². The van der Waals surface area contributed by atoms with Gasteiger partial charge in [-0.25, -0.2) is 0 Å².